The molecule has 1 rings (SSSR count). The van der Waals surface area contributed by atoms with E-state index in [9.17, 15) is 30.3 Å². The fourth-order valence-corrected chi connectivity index (χ4v) is 9.60. The lowest BCUT2D eigenvalue weighted by Crippen LogP contribution is -2.60. The molecule has 0 radical (unpaired) electrons. The minimum Gasteiger partial charge on any atom is -0.394 e. The van der Waals surface area contributed by atoms with Gasteiger partial charge in [-0.05, 0) is 57.8 Å². The summed E-state index contributed by atoms with van der Waals surface area (Å²) in [5.41, 5.74) is 0. The van der Waals surface area contributed by atoms with Gasteiger partial charge < -0.3 is 40.3 Å². The van der Waals surface area contributed by atoms with Gasteiger partial charge in [-0.15, -0.1) is 0 Å². The molecule has 7 unspecified atom stereocenters. The number of allylic oxidation sites excluding steroid dienone is 10. The first-order valence-electron chi connectivity index (χ1n) is 30.5. The normalized spacial score (nSPS) is 19.6. The lowest BCUT2D eigenvalue weighted by Gasteiger charge is -2.40. The Morgan fingerprint density at radius 1 is 0.486 bits per heavy atom. The summed E-state index contributed by atoms with van der Waals surface area (Å²) in [6.07, 6.45) is 64.0. The van der Waals surface area contributed by atoms with Crippen molar-refractivity contribution in [3.8, 4) is 0 Å². The van der Waals surface area contributed by atoms with Crippen LogP contribution in [0.25, 0.3) is 0 Å². The third-order valence-corrected chi connectivity index (χ3v) is 14.4. The Morgan fingerprint density at radius 2 is 0.861 bits per heavy atom. The topological polar surface area (TPSA) is 149 Å². The van der Waals surface area contributed by atoms with Crippen LogP contribution in [-0.2, 0) is 14.3 Å². The van der Waals surface area contributed by atoms with E-state index in [2.05, 4.69) is 79.9 Å². The lowest BCUT2D eigenvalue weighted by atomic mass is 9.99. The molecule has 1 amide bonds. The highest BCUT2D eigenvalue weighted by atomic mass is 16.7. The van der Waals surface area contributed by atoms with Crippen LogP contribution in [-0.4, -0.2) is 87.5 Å². The molecule has 9 heteroatoms. The average Bonchev–Trinajstić information content (AvgIpc) is 3.38. The van der Waals surface area contributed by atoms with Crippen LogP contribution in [0.5, 0.6) is 0 Å². The van der Waals surface area contributed by atoms with Crippen molar-refractivity contribution in [1.82, 2.24) is 5.32 Å². The summed E-state index contributed by atoms with van der Waals surface area (Å²) in [4.78, 5) is 13.1. The van der Waals surface area contributed by atoms with Crippen LogP contribution in [0.1, 0.15) is 277 Å². The summed E-state index contributed by atoms with van der Waals surface area (Å²) in [6.45, 7) is 3.74. The minimum absolute atomic E-state index is 0.148. The van der Waals surface area contributed by atoms with Gasteiger partial charge in [-0.25, -0.2) is 0 Å². The second-order valence-corrected chi connectivity index (χ2v) is 21.1. The van der Waals surface area contributed by atoms with E-state index in [1.54, 1.807) is 0 Å². The molecule has 1 aliphatic heterocycles. The van der Waals surface area contributed by atoms with Crippen LogP contribution in [0.4, 0.5) is 0 Å². The van der Waals surface area contributed by atoms with Gasteiger partial charge in [0.1, 0.15) is 24.4 Å². The molecule has 1 saturated heterocycles. The van der Waals surface area contributed by atoms with Crippen molar-refractivity contribution in [3.63, 3.8) is 0 Å². The van der Waals surface area contributed by atoms with Gasteiger partial charge in [0.15, 0.2) is 6.29 Å². The fourth-order valence-electron chi connectivity index (χ4n) is 9.60. The van der Waals surface area contributed by atoms with Crippen LogP contribution in [0.15, 0.2) is 60.8 Å². The van der Waals surface area contributed by atoms with Crippen LogP contribution in [0.3, 0.4) is 0 Å². The lowest BCUT2D eigenvalue weighted by molar-refractivity contribution is -0.302. The van der Waals surface area contributed by atoms with Crippen molar-refractivity contribution < 1.29 is 39.8 Å². The minimum atomic E-state index is -1.56. The highest BCUT2D eigenvalue weighted by Crippen LogP contribution is 2.23. The molecule has 0 spiro atoms. The average molecular weight is 1010 g/mol. The van der Waals surface area contributed by atoms with Gasteiger partial charge in [0.2, 0.25) is 5.91 Å². The Balaban J connectivity index is 2.19. The van der Waals surface area contributed by atoms with Crippen LogP contribution >= 0.6 is 0 Å². The molecule has 72 heavy (non-hydrogen) atoms. The van der Waals surface area contributed by atoms with Crippen molar-refractivity contribution in [2.24, 2.45) is 0 Å². The molecule has 7 atom stereocenters. The standard InChI is InChI=1S/C63H115NO8/c1-3-5-7-9-11-13-15-17-19-21-23-25-26-27-28-29-30-31-33-34-36-38-40-42-44-46-48-50-52-57(66)56(55-71-63-62(70)61(69)60(68)58(54-65)72-63)64-59(67)53-51-49-47-45-43-41-39-37-35-32-24-22-20-18-16-14-12-10-8-6-4-2/h6,8,12,14,18,20,24,32,37,39,56-58,60-63,65-66,68-70H,3-5,7,9-11,13,15-17,19,21-23,25-31,33-36,38,40-55H2,1-2H3,(H,64,67)/b8-6-,14-12-,20-18-,32-24-,39-37-. The number of ether oxygens (including phenoxy) is 2. The molecule has 420 valence electrons. The summed E-state index contributed by atoms with van der Waals surface area (Å²) in [7, 11) is 0. The number of rotatable bonds is 52. The Kier molecular flexibility index (Phi) is 49.4. The maximum atomic E-state index is 13.1. The van der Waals surface area contributed by atoms with Crippen molar-refractivity contribution in [3.05, 3.63) is 60.8 Å². The zero-order valence-electron chi connectivity index (χ0n) is 46.7. The van der Waals surface area contributed by atoms with E-state index in [4.69, 9.17) is 9.47 Å². The van der Waals surface area contributed by atoms with E-state index in [1.165, 1.54) is 161 Å². The van der Waals surface area contributed by atoms with E-state index >= 15 is 0 Å². The van der Waals surface area contributed by atoms with E-state index in [0.717, 1.165) is 89.9 Å². The molecule has 0 bridgehead atoms. The van der Waals surface area contributed by atoms with Gasteiger partial charge in [0.05, 0.1) is 25.4 Å². The summed E-state index contributed by atoms with van der Waals surface area (Å²) < 4.78 is 11.3. The van der Waals surface area contributed by atoms with Gasteiger partial charge in [-0.3, -0.25) is 4.79 Å². The summed E-state index contributed by atoms with van der Waals surface area (Å²) in [5, 5.41) is 54.8. The monoisotopic (exact) mass is 1010 g/mol. The van der Waals surface area contributed by atoms with Gasteiger partial charge >= 0.3 is 0 Å². The number of hydrogen-bond acceptors (Lipinski definition) is 8. The van der Waals surface area contributed by atoms with Gasteiger partial charge in [-0.2, -0.15) is 0 Å². The van der Waals surface area contributed by atoms with Crippen molar-refractivity contribution in [2.75, 3.05) is 13.2 Å². The molecule has 0 aromatic carbocycles. The Labute approximate surface area is 443 Å². The smallest absolute Gasteiger partial charge is 0.220 e. The third kappa shape index (κ3) is 41.2. The number of carbonyl (C=O) groups excluding carboxylic acids is 1. The van der Waals surface area contributed by atoms with E-state index in [1.807, 2.05) is 0 Å². The fraction of sp³-hybridized carbons (Fsp3) is 0.825. The predicted octanol–water partition coefficient (Wildman–Crippen LogP) is 15.5. The first-order valence-corrected chi connectivity index (χ1v) is 30.5. The van der Waals surface area contributed by atoms with Crippen LogP contribution in [0, 0.1) is 0 Å². The summed E-state index contributed by atoms with van der Waals surface area (Å²) >= 11 is 0. The molecule has 0 aliphatic carbocycles. The first kappa shape index (κ1) is 67.9. The maximum Gasteiger partial charge on any atom is 0.220 e. The third-order valence-electron chi connectivity index (χ3n) is 14.4. The molecule has 6 N–H and O–H groups in total. The Morgan fingerprint density at radius 3 is 1.28 bits per heavy atom. The molecule has 1 heterocycles. The van der Waals surface area contributed by atoms with Crippen LogP contribution < -0.4 is 5.32 Å². The maximum absolute atomic E-state index is 13.1. The van der Waals surface area contributed by atoms with Crippen molar-refractivity contribution in [1.29, 1.82) is 0 Å². The Hall–Kier alpha value is -2.11. The zero-order chi connectivity index (χ0) is 52.2. The number of nitrogens with one attached hydrogen (secondary N) is 1. The molecule has 0 saturated carbocycles. The highest BCUT2D eigenvalue weighted by Gasteiger charge is 2.44. The number of amides is 1. The quantitative estimate of drug-likeness (QED) is 0.0261. The molecule has 1 fully saturated rings. The zero-order valence-corrected chi connectivity index (χ0v) is 46.7. The second kappa shape index (κ2) is 52.3. The number of aliphatic hydroxyl groups is 5. The van der Waals surface area contributed by atoms with E-state index in [-0.39, 0.29) is 12.5 Å². The van der Waals surface area contributed by atoms with Crippen molar-refractivity contribution in [2.45, 2.75) is 320 Å². The molecule has 0 aromatic heterocycles. The molecular weight excluding hydrogens is 899 g/mol. The largest absolute Gasteiger partial charge is 0.394 e. The van der Waals surface area contributed by atoms with Crippen LogP contribution in [0.2, 0.25) is 0 Å². The van der Waals surface area contributed by atoms with Gasteiger partial charge in [0.25, 0.3) is 0 Å². The molecule has 0 aromatic rings. The number of unbranched alkanes of at least 4 members (excludes halogenated alkanes) is 32. The SMILES string of the molecule is CC/C=C\C/C=C\C/C=C\C/C=C\C/C=C\CCCCCCCC(=O)NC(COC1OC(CO)C(O)C(O)C1O)C(O)CCCCCCCCCCCCCCCCCCCCCCCCCCCCCC. The van der Waals surface area contributed by atoms with Crippen molar-refractivity contribution >= 4 is 5.91 Å². The number of carbonyl (C=O) groups is 1. The summed E-state index contributed by atoms with van der Waals surface area (Å²) in [6, 6.07) is -0.734. The highest BCUT2D eigenvalue weighted by molar-refractivity contribution is 5.76. The molecule has 9 nitrogen and oxygen atoms in total. The number of hydrogen-bond donors (Lipinski definition) is 6. The van der Waals surface area contributed by atoms with Gasteiger partial charge in [-0.1, -0.05) is 274 Å². The Bertz CT molecular complexity index is 1310. The second-order valence-electron chi connectivity index (χ2n) is 21.1. The molecule has 1 aliphatic rings. The van der Waals surface area contributed by atoms with Gasteiger partial charge in [0, 0.05) is 6.42 Å². The molecular formula is C63H115NO8. The van der Waals surface area contributed by atoms with E-state index in [0.29, 0.717) is 12.8 Å². The summed E-state index contributed by atoms with van der Waals surface area (Å²) in [5.74, 6) is -0.161. The first-order chi connectivity index (χ1) is 35.3. The predicted molar refractivity (Wildman–Crippen MR) is 304 cm³/mol. The number of aliphatic hydroxyl groups excluding tert-OH is 5. The van der Waals surface area contributed by atoms with E-state index < -0.39 is 49.5 Å².